The zero-order chi connectivity index (χ0) is 20.8. The molecule has 3 rings (SSSR count). The molecule has 0 saturated carbocycles. The molecule has 0 aliphatic carbocycles. The fraction of sp³-hybridized carbons (Fsp3) is 0.0455. The van der Waals surface area contributed by atoms with Gasteiger partial charge in [-0.2, -0.15) is 5.26 Å². The first-order valence-corrected chi connectivity index (χ1v) is 10.7. The Morgan fingerprint density at radius 3 is 2.24 bits per heavy atom. The van der Waals surface area contributed by atoms with Crippen molar-refractivity contribution in [2.45, 2.75) is 6.61 Å². The molecule has 0 unspecified atom stereocenters. The monoisotopic (exact) mass is 608 g/mol. The summed E-state index contributed by atoms with van der Waals surface area (Å²) < 4.78 is 7.80. The maximum atomic E-state index is 10.7. The number of hydrogen-bond acceptors (Lipinski definition) is 4. The lowest BCUT2D eigenvalue weighted by Gasteiger charge is -2.12. The van der Waals surface area contributed by atoms with Crippen molar-refractivity contribution in [1.29, 1.82) is 5.26 Å². The van der Waals surface area contributed by atoms with E-state index in [1.165, 1.54) is 12.1 Å². The molecule has 0 spiro atoms. The SMILES string of the molecule is N#C/C(=C/c1cc(I)c(OCc2ccc([N+](=O)[O-])cc2)c(I)c1)c1ccccc1. The highest BCUT2D eigenvalue weighted by molar-refractivity contribution is 14.1. The summed E-state index contributed by atoms with van der Waals surface area (Å²) >= 11 is 4.42. The van der Waals surface area contributed by atoms with E-state index < -0.39 is 4.92 Å². The van der Waals surface area contributed by atoms with Crippen molar-refractivity contribution < 1.29 is 9.66 Å². The Hall–Kier alpha value is -2.45. The Kier molecular flexibility index (Phi) is 7.22. The lowest BCUT2D eigenvalue weighted by Crippen LogP contribution is -2.00. The Balaban J connectivity index is 1.79. The summed E-state index contributed by atoms with van der Waals surface area (Å²) in [6, 6.07) is 22.1. The van der Waals surface area contributed by atoms with E-state index >= 15 is 0 Å². The molecule has 0 fully saturated rings. The molecule has 0 aromatic heterocycles. The lowest BCUT2D eigenvalue weighted by molar-refractivity contribution is -0.384. The summed E-state index contributed by atoms with van der Waals surface area (Å²) in [5.41, 5.74) is 3.29. The Labute approximate surface area is 195 Å². The van der Waals surface area contributed by atoms with Crippen LogP contribution >= 0.6 is 45.2 Å². The van der Waals surface area contributed by atoms with Gasteiger partial charge in [0.15, 0.2) is 0 Å². The van der Waals surface area contributed by atoms with Gasteiger partial charge in [0.05, 0.1) is 23.7 Å². The van der Waals surface area contributed by atoms with Crippen molar-refractivity contribution in [3.8, 4) is 11.8 Å². The number of ether oxygens (including phenoxy) is 1. The number of nitrogens with zero attached hydrogens (tertiary/aromatic N) is 2. The standard InChI is InChI=1S/C22H14I2N2O3/c23-20-11-16(10-18(13-25)17-4-2-1-3-5-17)12-21(24)22(20)29-14-15-6-8-19(9-7-15)26(27)28/h1-12H,14H2/b18-10-. The second-order valence-electron chi connectivity index (χ2n) is 6.06. The minimum Gasteiger partial charge on any atom is -0.487 e. The van der Waals surface area contributed by atoms with Gasteiger partial charge in [-0.25, -0.2) is 0 Å². The second kappa shape index (κ2) is 9.84. The third kappa shape index (κ3) is 5.55. The van der Waals surface area contributed by atoms with Gasteiger partial charge in [0.1, 0.15) is 12.4 Å². The van der Waals surface area contributed by atoms with Gasteiger partial charge >= 0.3 is 0 Å². The highest BCUT2D eigenvalue weighted by Crippen LogP contribution is 2.31. The number of non-ortho nitro benzene ring substituents is 1. The third-order valence-electron chi connectivity index (χ3n) is 4.07. The fourth-order valence-corrected chi connectivity index (χ4v) is 4.76. The molecule has 0 bridgehead atoms. The van der Waals surface area contributed by atoms with Crippen LogP contribution in [0.1, 0.15) is 16.7 Å². The van der Waals surface area contributed by atoms with Crippen LogP contribution in [0.25, 0.3) is 11.6 Å². The summed E-state index contributed by atoms with van der Waals surface area (Å²) in [7, 11) is 0. The Morgan fingerprint density at radius 2 is 1.69 bits per heavy atom. The van der Waals surface area contributed by atoms with E-state index in [1.54, 1.807) is 12.1 Å². The second-order valence-corrected chi connectivity index (χ2v) is 8.39. The molecular formula is C22H14I2N2O3. The van der Waals surface area contributed by atoms with Crippen LogP contribution in [0.4, 0.5) is 5.69 Å². The quantitative estimate of drug-likeness (QED) is 0.106. The molecule has 0 aliphatic rings. The van der Waals surface area contributed by atoms with E-state index in [-0.39, 0.29) is 5.69 Å². The molecule has 29 heavy (non-hydrogen) atoms. The first-order chi connectivity index (χ1) is 14.0. The average Bonchev–Trinajstić information content (AvgIpc) is 2.72. The zero-order valence-electron chi connectivity index (χ0n) is 15.0. The molecule has 0 radical (unpaired) electrons. The van der Waals surface area contributed by atoms with Crippen LogP contribution in [0.2, 0.25) is 0 Å². The molecule has 0 saturated heterocycles. The Bertz CT molecular complexity index is 1080. The molecule has 3 aromatic carbocycles. The van der Waals surface area contributed by atoms with Crippen LogP contribution in [0.3, 0.4) is 0 Å². The summed E-state index contributed by atoms with van der Waals surface area (Å²) in [5, 5.41) is 20.3. The number of allylic oxidation sites excluding steroid dienone is 1. The third-order valence-corrected chi connectivity index (χ3v) is 5.67. The van der Waals surface area contributed by atoms with Crippen molar-refractivity contribution in [3.63, 3.8) is 0 Å². The molecule has 0 atom stereocenters. The molecule has 0 aliphatic heterocycles. The van der Waals surface area contributed by atoms with Gasteiger partial charge < -0.3 is 4.74 Å². The molecule has 5 nitrogen and oxygen atoms in total. The van der Waals surface area contributed by atoms with Gasteiger partial charge in [0.2, 0.25) is 0 Å². The van der Waals surface area contributed by atoms with Gasteiger partial charge in [0.25, 0.3) is 5.69 Å². The predicted molar refractivity (Wildman–Crippen MR) is 129 cm³/mol. The van der Waals surface area contributed by atoms with Crippen molar-refractivity contribution in [1.82, 2.24) is 0 Å². The fourth-order valence-electron chi connectivity index (χ4n) is 2.63. The van der Waals surface area contributed by atoms with Crippen molar-refractivity contribution in [2.24, 2.45) is 0 Å². The Morgan fingerprint density at radius 1 is 1.07 bits per heavy atom. The van der Waals surface area contributed by atoms with Crippen LogP contribution in [0.5, 0.6) is 5.75 Å². The van der Waals surface area contributed by atoms with Crippen LogP contribution in [-0.2, 0) is 6.61 Å². The number of rotatable bonds is 6. The predicted octanol–water partition coefficient (Wildman–Crippen LogP) is 6.45. The van der Waals surface area contributed by atoms with E-state index in [9.17, 15) is 15.4 Å². The number of nitro groups is 1. The molecular weight excluding hydrogens is 594 g/mol. The summed E-state index contributed by atoms with van der Waals surface area (Å²) in [4.78, 5) is 10.3. The van der Waals surface area contributed by atoms with Gasteiger partial charge in [-0.05, 0) is 92.2 Å². The van der Waals surface area contributed by atoms with Crippen LogP contribution in [-0.4, -0.2) is 4.92 Å². The number of benzene rings is 3. The summed E-state index contributed by atoms with van der Waals surface area (Å²) in [6.45, 7) is 0.312. The normalized spacial score (nSPS) is 11.0. The van der Waals surface area contributed by atoms with Crippen LogP contribution in [0, 0.1) is 28.6 Å². The molecule has 3 aromatic rings. The first kappa shape index (κ1) is 21.3. The van der Waals surface area contributed by atoms with E-state index in [1.807, 2.05) is 48.5 Å². The molecule has 0 amide bonds. The largest absolute Gasteiger partial charge is 0.487 e. The van der Waals surface area contributed by atoms with Gasteiger partial charge in [0, 0.05) is 12.1 Å². The van der Waals surface area contributed by atoms with Crippen molar-refractivity contribution >= 4 is 62.5 Å². The van der Waals surface area contributed by atoms with Gasteiger partial charge in [-0.3, -0.25) is 10.1 Å². The van der Waals surface area contributed by atoms with E-state index in [0.29, 0.717) is 12.2 Å². The minimum atomic E-state index is -0.423. The van der Waals surface area contributed by atoms with E-state index in [0.717, 1.165) is 29.6 Å². The van der Waals surface area contributed by atoms with Gasteiger partial charge in [-0.1, -0.05) is 30.3 Å². The number of nitriles is 1. The highest BCUT2D eigenvalue weighted by atomic mass is 127. The molecule has 144 valence electrons. The number of nitro benzene ring substituents is 1. The lowest BCUT2D eigenvalue weighted by atomic mass is 10.0. The van der Waals surface area contributed by atoms with Crippen molar-refractivity contribution in [2.75, 3.05) is 0 Å². The van der Waals surface area contributed by atoms with Crippen LogP contribution in [0.15, 0.2) is 66.7 Å². The smallest absolute Gasteiger partial charge is 0.269 e. The topological polar surface area (TPSA) is 76.2 Å². The number of hydrogen-bond donors (Lipinski definition) is 0. The van der Waals surface area contributed by atoms with E-state index in [4.69, 9.17) is 4.74 Å². The van der Waals surface area contributed by atoms with Crippen molar-refractivity contribution in [3.05, 3.63) is 101 Å². The molecule has 7 heteroatoms. The number of halogens is 2. The summed E-state index contributed by atoms with van der Waals surface area (Å²) in [5.74, 6) is 0.750. The maximum absolute atomic E-state index is 10.7. The van der Waals surface area contributed by atoms with E-state index in [2.05, 4.69) is 51.3 Å². The summed E-state index contributed by atoms with van der Waals surface area (Å²) in [6.07, 6.45) is 1.86. The maximum Gasteiger partial charge on any atom is 0.269 e. The van der Waals surface area contributed by atoms with Gasteiger partial charge in [-0.15, -0.1) is 0 Å². The minimum absolute atomic E-state index is 0.0563. The first-order valence-electron chi connectivity index (χ1n) is 8.50. The molecule has 0 N–H and O–H groups in total. The highest BCUT2D eigenvalue weighted by Gasteiger charge is 2.11. The molecule has 0 heterocycles. The van der Waals surface area contributed by atoms with Crippen LogP contribution < -0.4 is 4.74 Å². The average molecular weight is 608 g/mol. The zero-order valence-corrected chi connectivity index (χ0v) is 19.3.